The van der Waals surface area contributed by atoms with Gasteiger partial charge in [-0.25, -0.2) is 0 Å². The Balaban J connectivity index is 1.96. The highest BCUT2D eigenvalue weighted by molar-refractivity contribution is 5.54. The lowest BCUT2D eigenvalue weighted by atomic mass is 9.88. The molecule has 1 aromatic rings. The van der Waals surface area contributed by atoms with E-state index in [1.165, 1.54) is 24.0 Å². The second kappa shape index (κ2) is 6.25. The molecule has 1 nitrogen and oxygen atoms in total. The van der Waals surface area contributed by atoms with Crippen molar-refractivity contribution >= 4 is 6.08 Å². The Bertz CT molecular complexity index is 451. The van der Waals surface area contributed by atoms with Gasteiger partial charge in [0, 0.05) is 0 Å². The van der Waals surface area contributed by atoms with Gasteiger partial charge in [-0.2, -0.15) is 0 Å². The first-order valence-electron chi connectivity index (χ1n) is 6.45. The van der Waals surface area contributed by atoms with Crippen molar-refractivity contribution in [2.45, 2.75) is 19.3 Å². The van der Waals surface area contributed by atoms with E-state index in [1.54, 1.807) is 7.11 Å². The van der Waals surface area contributed by atoms with E-state index in [2.05, 4.69) is 43.0 Å². The van der Waals surface area contributed by atoms with E-state index in [0.717, 1.165) is 12.2 Å². The summed E-state index contributed by atoms with van der Waals surface area (Å²) in [5.74, 6) is 1.51. The molecule has 0 aliphatic heterocycles. The van der Waals surface area contributed by atoms with Crippen molar-refractivity contribution in [2.24, 2.45) is 5.92 Å². The van der Waals surface area contributed by atoms with E-state index < -0.39 is 0 Å². The summed E-state index contributed by atoms with van der Waals surface area (Å²) >= 11 is 0. The molecule has 0 amide bonds. The van der Waals surface area contributed by atoms with Gasteiger partial charge in [0.25, 0.3) is 0 Å². The molecule has 1 aliphatic rings. The van der Waals surface area contributed by atoms with E-state index in [1.807, 2.05) is 12.1 Å². The molecule has 1 atom stereocenters. The van der Waals surface area contributed by atoms with Crippen molar-refractivity contribution < 1.29 is 4.74 Å². The number of rotatable bonds is 4. The van der Waals surface area contributed by atoms with Gasteiger partial charge in [-0.1, -0.05) is 48.6 Å². The molecule has 2 rings (SSSR count). The van der Waals surface area contributed by atoms with Crippen LogP contribution in [-0.4, -0.2) is 7.11 Å². The molecule has 0 aromatic heterocycles. The molecule has 0 N–H and O–H groups in total. The van der Waals surface area contributed by atoms with Gasteiger partial charge in [-0.05, 0) is 42.9 Å². The number of benzene rings is 1. The molecule has 0 fully saturated rings. The van der Waals surface area contributed by atoms with E-state index in [0.29, 0.717) is 5.92 Å². The minimum Gasteiger partial charge on any atom is -0.497 e. The van der Waals surface area contributed by atoms with Crippen LogP contribution in [0.25, 0.3) is 6.08 Å². The molecule has 0 radical (unpaired) electrons. The quantitative estimate of drug-likeness (QED) is 0.551. The second-order valence-corrected chi connectivity index (χ2v) is 4.66. The summed E-state index contributed by atoms with van der Waals surface area (Å²) in [5, 5.41) is 0. The van der Waals surface area contributed by atoms with Crippen LogP contribution in [0, 0.1) is 5.92 Å². The second-order valence-electron chi connectivity index (χ2n) is 4.66. The summed E-state index contributed by atoms with van der Waals surface area (Å²) < 4.78 is 5.14. The van der Waals surface area contributed by atoms with Gasteiger partial charge in [-0.15, -0.1) is 0 Å². The van der Waals surface area contributed by atoms with Crippen LogP contribution < -0.4 is 4.74 Å². The van der Waals surface area contributed by atoms with Gasteiger partial charge >= 0.3 is 0 Å². The molecule has 1 aromatic carbocycles. The zero-order chi connectivity index (χ0) is 12.8. The first kappa shape index (κ1) is 12.7. The summed E-state index contributed by atoms with van der Waals surface area (Å²) in [7, 11) is 1.68. The van der Waals surface area contributed by atoms with Crippen LogP contribution in [0.3, 0.4) is 0 Å². The number of methoxy groups -OCH3 is 1. The Hall–Kier alpha value is -1.76. The molecule has 1 heteroatoms. The van der Waals surface area contributed by atoms with Crippen molar-refractivity contribution in [3.63, 3.8) is 0 Å². The first-order chi connectivity index (χ1) is 8.79. The van der Waals surface area contributed by atoms with Crippen molar-refractivity contribution in [2.75, 3.05) is 7.11 Å². The molecule has 0 saturated heterocycles. The zero-order valence-corrected chi connectivity index (χ0v) is 10.9. The van der Waals surface area contributed by atoms with Crippen LogP contribution in [-0.2, 0) is 0 Å². The third-order valence-corrected chi connectivity index (χ3v) is 3.40. The summed E-state index contributed by atoms with van der Waals surface area (Å²) in [5.41, 5.74) is 2.42. The van der Waals surface area contributed by atoms with Gasteiger partial charge in [0.05, 0.1) is 7.11 Å². The molecule has 1 unspecified atom stereocenters. The maximum atomic E-state index is 5.14. The fourth-order valence-electron chi connectivity index (χ4n) is 2.18. The van der Waals surface area contributed by atoms with Gasteiger partial charge < -0.3 is 4.74 Å². The Morgan fingerprint density at radius 2 is 2.06 bits per heavy atom. The Morgan fingerprint density at radius 3 is 2.67 bits per heavy atom. The average molecular weight is 240 g/mol. The number of hydrogen-bond acceptors (Lipinski definition) is 1. The van der Waals surface area contributed by atoms with E-state index in [-0.39, 0.29) is 0 Å². The normalized spacial score (nSPS) is 19.1. The lowest BCUT2D eigenvalue weighted by Gasteiger charge is -2.17. The van der Waals surface area contributed by atoms with E-state index in [4.69, 9.17) is 4.74 Å². The predicted molar refractivity (Wildman–Crippen MR) is 77.6 cm³/mol. The highest BCUT2D eigenvalue weighted by Gasteiger charge is 2.10. The predicted octanol–water partition coefficient (Wildman–Crippen LogP) is 4.62. The molecule has 1 aliphatic carbocycles. The summed E-state index contributed by atoms with van der Waals surface area (Å²) in [6.45, 7) is 4.18. The van der Waals surface area contributed by atoms with E-state index in [9.17, 15) is 0 Å². The largest absolute Gasteiger partial charge is 0.497 e. The smallest absolute Gasteiger partial charge is 0.118 e. The third-order valence-electron chi connectivity index (χ3n) is 3.40. The van der Waals surface area contributed by atoms with Gasteiger partial charge in [-0.3, -0.25) is 0 Å². The number of hydrogen-bond donors (Lipinski definition) is 0. The molecule has 0 bridgehead atoms. The number of allylic oxidation sites excluding steroid dienone is 4. The van der Waals surface area contributed by atoms with Crippen LogP contribution >= 0.6 is 0 Å². The third kappa shape index (κ3) is 3.36. The standard InChI is InChI=1S/C17H20O/c1-14(16-6-4-3-5-7-16)8-9-15-10-12-17(18-2)13-11-15/h3-4,8-13,16H,1,5-7H2,2H3/b9-8+. The van der Waals surface area contributed by atoms with Crippen molar-refractivity contribution in [1.82, 2.24) is 0 Å². The molecular weight excluding hydrogens is 220 g/mol. The van der Waals surface area contributed by atoms with Crippen LogP contribution in [0.5, 0.6) is 5.75 Å². The number of ether oxygens (including phenoxy) is 1. The van der Waals surface area contributed by atoms with E-state index >= 15 is 0 Å². The molecule has 18 heavy (non-hydrogen) atoms. The maximum absolute atomic E-state index is 5.14. The van der Waals surface area contributed by atoms with Crippen molar-refractivity contribution in [3.05, 3.63) is 60.2 Å². The van der Waals surface area contributed by atoms with Crippen LogP contribution in [0.1, 0.15) is 24.8 Å². The fraction of sp³-hybridized carbons (Fsp3) is 0.294. The van der Waals surface area contributed by atoms with Crippen molar-refractivity contribution in [1.29, 1.82) is 0 Å². The Kier molecular flexibility index (Phi) is 4.40. The maximum Gasteiger partial charge on any atom is 0.118 e. The zero-order valence-electron chi connectivity index (χ0n) is 10.9. The molecule has 0 heterocycles. The van der Waals surface area contributed by atoms with Gasteiger partial charge in [0.1, 0.15) is 5.75 Å². The van der Waals surface area contributed by atoms with Crippen LogP contribution in [0.2, 0.25) is 0 Å². The van der Waals surface area contributed by atoms with Crippen LogP contribution in [0.4, 0.5) is 0 Å². The molecule has 94 valence electrons. The molecular formula is C17H20O. The topological polar surface area (TPSA) is 9.23 Å². The monoisotopic (exact) mass is 240 g/mol. The van der Waals surface area contributed by atoms with Crippen molar-refractivity contribution in [3.8, 4) is 5.75 Å². The SMILES string of the molecule is C=C(/C=C/c1ccc(OC)cc1)C1CC=CCC1. The van der Waals surface area contributed by atoms with Gasteiger partial charge in [0.15, 0.2) is 0 Å². The minimum absolute atomic E-state index is 0.615. The summed E-state index contributed by atoms with van der Waals surface area (Å²) in [6.07, 6.45) is 12.3. The fourth-order valence-corrected chi connectivity index (χ4v) is 2.18. The van der Waals surface area contributed by atoms with Gasteiger partial charge in [0.2, 0.25) is 0 Å². The lowest BCUT2D eigenvalue weighted by Crippen LogP contribution is -2.03. The average Bonchev–Trinajstić information content (AvgIpc) is 2.46. The Labute approximate surface area is 109 Å². The molecule has 0 spiro atoms. The summed E-state index contributed by atoms with van der Waals surface area (Å²) in [6, 6.07) is 8.07. The minimum atomic E-state index is 0.615. The summed E-state index contributed by atoms with van der Waals surface area (Å²) in [4.78, 5) is 0. The Morgan fingerprint density at radius 1 is 1.28 bits per heavy atom. The highest BCUT2D eigenvalue weighted by atomic mass is 16.5. The lowest BCUT2D eigenvalue weighted by molar-refractivity contribution is 0.415. The molecule has 0 saturated carbocycles. The van der Waals surface area contributed by atoms with Crippen LogP contribution in [0.15, 0.2) is 54.6 Å². The highest BCUT2D eigenvalue weighted by Crippen LogP contribution is 2.26. The first-order valence-corrected chi connectivity index (χ1v) is 6.45.